The number of nitrogens with one attached hydrogen (secondary N) is 1. The summed E-state index contributed by atoms with van der Waals surface area (Å²) in [6.45, 7) is 6.72. The molecule has 2 rings (SSSR count). The van der Waals surface area contributed by atoms with Gasteiger partial charge in [-0.3, -0.25) is 4.90 Å². The molecular weight excluding hydrogens is 140 g/mol. The minimum atomic E-state index is 0.148. The normalized spacial score (nSPS) is 31.1. The Kier molecular flexibility index (Phi) is 1.67. The molecule has 2 aliphatic rings. The van der Waals surface area contributed by atoms with Gasteiger partial charge in [-0.1, -0.05) is 0 Å². The van der Waals surface area contributed by atoms with Crippen LogP contribution < -0.4 is 5.32 Å². The van der Waals surface area contributed by atoms with Crippen LogP contribution in [0.5, 0.6) is 0 Å². The lowest BCUT2D eigenvalue weighted by molar-refractivity contribution is -0.132. The first-order chi connectivity index (χ1) is 5.23. The Morgan fingerprint density at radius 3 is 2.45 bits per heavy atom. The van der Waals surface area contributed by atoms with Crippen molar-refractivity contribution in [2.75, 3.05) is 33.3 Å². The van der Waals surface area contributed by atoms with E-state index in [4.69, 9.17) is 4.74 Å². The Morgan fingerprint density at radius 2 is 2.09 bits per heavy atom. The van der Waals surface area contributed by atoms with Crippen LogP contribution in [0.15, 0.2) is 0 Å². The Balaban J connectivity index is 1.78. The van der Waals surface area contributed by atoms with E-state index in [1.54, 1.807) is 7.11 Å². The number of likely N-dealkylation sites (tertiary alicyclic amines) is 1. The van der Waals surface area contributed by atoms with E-state index in [0.717, 1.165) is 19.1 Å². The first kappa shape index (κ1) is 7.53. The molecule has 0 unspecified atom stereocenters. The van der Waals surface area contributed by atoms with Gasteiger partial charge in [-0.2, -0.15) is 0 Å². The Labute approximate surface area is 67.7 Å². The maximum atomic E-state index is 5.36. The molecule has 1 N–H and O–H groups in total. The molecule has 2 heterocycles. The third-order valence-corrected chi connectivity index (χ3v) is 2.84. The first-order valence-electron chi connectivity index (χ1n) is 4.23. The minimum Gasteiger partial charge on any atom is -0.376 e. The number of hydrogen-bond acceptors (Lipinski definition) is 3. The van der Waals surface area contributed by atoms with Gasteiger partial charge in [-0.05, 0) is 6.92 Å². The third kappa shape index (κ3) is 1.17. The van der Waals surface area contributed by atoms with Gasteiger partial charge >= 0.3 is 0 Å². The zero-order chi connectivity index (χ0) is 7.90. The van der Waals surface area contributed by atoms with E-state index in [1.807, 2.05) is 0 Å². The molecule has 0 bridgehead atoms. The number of ether oxygens (including phenoxy) is 1. The predicted octanol–water partition coefficient (Wildman–Crippen LogP) is -0.321. The van der Waals surface area contributed by atoms with Gasteiger partial charge in [-0.15, -0.1) is 0 Å². The van der Waals surface area contributed by atoms with Crippen LogP contribution in [0.4, 0.5) is 0 Å². The highest BCUT2D eigenvalue weighted by Gasteiger charge is 2.43. The molecule has 0 aromatic heterocycles. The van der Waals surface area contributed by atoms with Crippen LogP contribution in [0, 0.1) is 0 Å². The molecule has 3 heteroatoms. The van der Waals surface area contributed by atoms with Crippen molar-refractivity contribution in [3.63, 3.8) is 0 Å². The van der Waals surface area contributed by atoms with E-state index >= 15 is 0 Å². The maximum Gasteiger partial charge on any atom is 0.0903 e. The molecule has 3 nitrogen and oxygen atoms in total. The van der Waals surface area contributed by atoms with Crippen molar-refractivity contribution in [2.45, 2.75) is 18.6 Å². The Morgan fingerprint density at radius 1 is 1.45 bits per heavy atom. The summed E-state index contributed by atoms with van der Waals surface area (Å²) in [5.74, 6) is 0. The van der Waals surface area contributed by atoms with Gasteiger partial charge in [-0.25, -0.2) is 0 Å². The zero-order valence-electron chi connectivity index (χ0n) is 7.26. The largest absolute Gasteiger partial charge is 0.376 e. The highest BCUT2D eigenvalue weighted by atomic mass is 16.5. The summed E-state index contributed by atoms with van der Waals surface area (Å²) in [6, 6.07) is 0.790. The summed E-state index contributed by atoms with van der Waals surface area (Å²) in [5, 5.41) is 3.27. The summed E-state index contributed by atoms with van der Waals surface area (Å²) >= 11 is 0. The molecule has 0 aromatic rings. The maximum absolute atomic E-state index is 5.36. The molecule has 11 heavy (non-hydrogen) atoms. The van der Waals surface area contributed by atoms with Gasteiger partial charge < -0.3 is 10.1 Å². The average Bonchev–Trinajstić information content (AvgIpc) is 1.80. The van der Waals surface area contributed by atoms with E-state index < -0.39 is 0 Å². The fourth-order valence-corrected chi connectivity index (χ4v) is 1.73. The van der Waals surface area contributed by atoms with Crippen LogP contribution in [0.1, 0.15) is 6.92 Å². The lowest BCUT2D eigenvalue weighted by Gasteiger charge is -2.53. The molecular formula is C8H16N2O. The fourth-order valence-electron chi connectivity index (χ4n) is 1.73. The molecule has 2 saturated heterocycles. The standard InChI is InChI=1S/C8H16N2O/c1-8(11-2)5-10(6-8)7-3-9-4-7/h7,9H,3-6H2,1-2H3. The van der Waals surface area contributed by atoms with Crippen LogP contribution >= 0.6 is 0 Å². The molecule has 0 aliphatic carbocycles. The van der Waals surface area contributed by atoms with Crippen LogP contribution in [0.2, 0.25) is 0 Å². The van der Waals surface area contributed by atoms with Crippen molar-refractivity contribution in [2.24, 2.45) is 0 Å². The summed E-state index contributed by atoms with van der Waals surface area (Å²) < 4.78 is 5.36. The van der Waals surface area contributed by atoms with E-state index in [0.29, 0.717) is 0 Å². The molecule has 0 aromatic carbocycles. The van der Waals surface area contributed by atoms with E-state index in [2.05, 4.69) is 17.1 Å². The molecule has 0 spiro atoms. The van der Waals surface area contributed by atoms with E-state index in [-0.39, 0.29) is 5.60 Å². The molecule has 2 aliphatic heterocycles. The fraction of sp³-hybridized carbons (Fsp3) is 1.00. The highest BCUT2D eigenvalue weighted by molar-refractivity contribution is 4.99. The molecule has 0 atom stereocenters. The van der Waals surface area contributed by atoms with Crippen molar-refractivity contribution < 1.29 is 4.74 Å². The number of nitrogens with zero attached hydrogens (tertiary/aromatic N) is 1. The monoisotopic (exact) mass is 156 g/mol. The topological polar surface area (TPSA) is 24.5 Å². The SMILES string of the molecule is COC1(C)CN(C2CNC2)C1. The van der Waals surface area contributed by atoms with Crippen molar-refractivity contribution in [1.29, 1.82) is 0 Å². The molecule has 0 radical (unpaired) electrons. The van der Waals surface area contributed by atoms with Crippen LogP contribution in [0.25, 0.3) is 0 Å². The second kappa shape index (κ2) is 2.44. The summed E-state index contributed by atoms with van der Waals surface area (Å²) in [5.41, 5.74) is 0.148. The smallest absolute Gasteiger partial charge is 0.0903 e. The van der Waals surface area contributed by atoms with Crippen LogP contribution in [-0.4, -0.2) is 49.8 Å². The van der Waals surface area contributed by atoms with Gasteiger partial charge in [0, 0.05) is 39.3 Å². The lowest BCUT2D eigenvalue weighted by Crippen LogP contribution is -2.70. The predicted molar refractivity (Wildman–Crippen MR) is 43.6 cm³/mol. The van der Waals surface area contributed by atoms with Gasteiger partial charge in [0.1, 0.15) is 0 Å². The number of hydrogen-bond donors (Lipinski definition) is 1. The van der Waals surface area contributed by atoms with Gasteiger partial charge in [0.25, 0.3) is 0 Å². The minimum absolute atomic E-state index is 0.148. The van der Waals surface area contributed by atoms with Crippen LogP contribution in [0.3, 0.4) is 0 Å². The second-order valence-electron chi connectivity index (χ2n) is 3.87. The van der Waals surface area contributed by atoms with Crippen molar-refractivity contribution in [1.82, 2.24) is 10.2 Å². The van der Waals surface area contributed by atoms with Gasteiger partial charge in [0.05, 0.1) is 5.60 Å². The molecule has 0 saturated carbocycles. The van der Waals surface area contributed by atoms with Crippen molar-refractivity contribution in [3.05, 3.63) is 0 Å². The average molecular weight is 156 g/mol. The second-order valence-corrected chi connectivity index (χ2v) is 3.87. The summed E-state index contributed by atoms with van der Waals surface area (Å²) in [7, 11) is 1.80. The quantitative estimate of drug-likeness (QED) is 0.593. The summed E-state index contributed by atoms with van der Waals surface area (Å²) in [6.07, 6.45) is 0. The van der Waals surface area contributed by atoms with Gasteiger partial charge in [0.15, 0.2) is 0 Å². The van der Waals surface area contributed by atoms with E-state index in [9.17, 15) is 0 Å². The van der Waals surface area contributed by atoms with Gasteiger partial charge in [0.2, 0.25) is 0 Å². The highest BCUT2D eigenvalue weighted by Crippen LogP contribution is 2.26. The van der Waals surface area contributed by atoms with Crippen molar-refractivity contribution in [3.8, 4) is 0 Å². The molecule has 2 fully saturated rings. The molecule has 0 amide bonds. The summed E-state index contributed by atoms with van der Waals surface area (Å²) in [4.78, 5) is 2.49. The van der Waals surface area contributed by atoms with Crippen molar-refractivity contribution >= 4 is 0 Å². The first-order valence-corrected chi connectivity index (χ1v) is 4.23. The lowest BCUT2D eigenvalue weighted by atomic mass is 9.92. The van der Waals surface area contributed by atoms with E-state index in [1.165, 1.54) is 13.1 Å². The zero-order valence-corrected chi connectivity index (χ0v) is 7.26. The number of methoxy groups -OCH3 is 1. The number of rotatable bonds is 2. The Bertz CT molecular complexity index is 150. The Hall–Kier alpha value is -0.120. The molecule has 64 valence electrons. The van der Waals surface area contributed by atoms with Crippen LogP contribution in [-0.2, 0) is 4.74 Å². The third-order valence-electron chi connectivity index (χ3n) is 2.84.